The summed E-state index contributed by atoms with van der Waals surface area (Å²) in [6.45, 7) is 9.01. The molecule has 0 aliphatic carbocycles. The lowest BCUT2D eigenvalue weighted by Crippen LogP contribution is -2.43. The fraction of sp³-hybridized carbons (Fsp3) is 1.00. The van der Waals surface area contributed by atoms with Crippen LogP contribution >= 0.6 is 0 Å². The molecule has 1 rings (SSSR count). The highest BCUT2D eigenvalue weighted by Gasteiger charge is 2.32. The minimum absolute atomic E-state index is 0.640. The van der Waals surface area contributed by atoms with Crippen molar-refractivity contribution >= 4 is 0 Å². The van der Waals surface area contributed by atoms with Crippen molar-refractivity contribution in [2.75, 3.05) is 13.1 Å². The quantitative estimate of drug-likeness (QED) is 0.722. The highest BCUT2D eigenvalue weighted by Crippen LogP contribution is 2.26. The lowest BCUT2D eigenvalue weighted by atomic mass is 10.0. The van der Waals surface area contributed by atoms with E-state index in [9.17, 15) is 0 Å². The van der Waals surface area contributed by atoms with Crippen molar-refractivity contribution in [3.63, 3.8) is 0 Å². The van der Waals surface area contributed by atoms with Crippen molar-refractivity contribution in [1.29, 1.82) is 0 Å². The van der Waals surface area contributed by atoms with E-state index < -0.39 is 0 Å². The van der Waals surface area contributed by atoms with Crippen LogP contribution in [0.2, 0.25) is 0 Å². The van der Waals surface area contributed by atoms with E-state index in [0.29, 0.717) is 6.04 Å². The third kappa shape index (κ3) is 2.44. The molecule has 2 nitrogen and oxygen atoms in total. The highest BCUT2D eigenvalue weighted by molar-refractivity contribution is 4.87. The van der Waals surface area contributed by atoms with Gasteiger partial charge in [0, 0.05) is 18.6 Å². The molecular formula is C11H24N2. The van der Waals surface area contributed by atoms with Gasteiger partial charge < -0.3 is 5.73 Å². The third-order valence-electron chi connectivity index (χ3n) is 3.44. The van der Waals surface area contributed by atoms with Crippen molar-refractivity contribution in [3.8, 4) is 0 Å². The van der Waals surface area contributed by atoms with Crippen LogP contribution in [0.1, 0.15) is 40.0 Å². The molecule has 0 bridgehead atoms. The first kappa shape index (κ1) is 11.0. The van der Waals surface area contributed by atoms with E-state index in [1.807, 2.05) is 0 Å². The third-order valence-corrected chi connectivity index (χ3v) is 3.44. The summed E-state index contributed by atoms with van der Waals surface area (Å²) in [5.41, 5.74) is 5.81. The average Bonchev–Trinajstić information content (AvgIpc) is 2.47. The molecule has 0 aromatic carbocycles. The monoisotopic (exact) mass is 184 g/mol. The van der Waals surface area contributed by atoms with E-state index in [1.165, 1.54) is 25.8 Å². The zero-order valence-electron chi connectivity index (χ0n) is 9.29. The Morgan fingerprint density at radius 2 is 2.23 bits per heavy atom. The van der Waals surface area contributed by atoms with Gasteiger partial charge >= 0.3 is 0 Å². The summed E-state index contributed by atoms with van der Waals surface area (Å²) in [5, 5.41) is 0. The van der Waals surface area contributed by atoms with E-state index in [0.717, 1.165) is 18.5 Å². The van der Waals surface area contributed by atoms with Gasteiger partial charge in [0.25, 0.3) is 0 Å². The Morgan fingerprint density at radius 1 is 1.54 bits per heavy atom. The van der Waals surface area contributed by atoms with Crippen LogP contribution in [0.3, 0.4) is 0 Å². The minimum Gasteiger partial charge on any atom is -0.329 e. The van der Waals surface area contributed by atoms with Crippen LogP contribution in [-0.2, 0) is 0 Å². The molecule has 2 heteroatoms. The van der Waals surface area contributed by atoms with E-state index in [2.05, 4.69) is 25.7 Å². The summed E-state index contributed by atoms with van der Waals surface area (Å²) in [4.78, 5) is 2.61. The molecule has 0 radical (unpaired) electrons. The first-order valence-electron chi connectivity index (χ1n) is 5.66. The summed E-state index contributed by atoms with van der Waals surface area (Å²) in [6, 6.07) is 1.37. The molecule has 78 valence electrons. The van der Waals surface area contributed by atoms with Gasteiger partial charge in [-0.05, 0) is 32.2 Å². The van der Waals surface area contributed by atoms with E-state index in [4.69, 9.17) is 5.73 Å². The predicted molar refractivity (Wildman–Crippen MR) is 57.7 cm³/mol. The van der Waals surface area contributed by atoms with E-state index in [-0.39, 0.29) is 0 Å². The fourth-order valence-corrected chi connectivity index (χ4v) is 2.54. The molecule has 3 atom stereocenters. The topological polar surface area (TPSA) is 29.3 Å². The number of nitrogens with two attached hydrogens (primary N) is 1. The van der Waals surface area contributed by atoms with Crippen LogP contribution in [0.25, 0.3) is 0 Å². The molecule has 0 spiro atoms. The number of hydrogen-bond acceptors (Lipinski definition) is 2. The zero-order chi connectivity index (χ0) is 9.84. The Bertz CT molecular complexity index is 147. The van der Waals surface area contributed by atoms with Crippen molar-refractivity contribution in [1.82, 2.24) is 4.90 Å². The molecule has 13 heavy (non-hydrogen) atoms. The minimum atomic E-state index is 0.640. The molecule has 1 heterocycles. The summed E-state index contributed by atoms with van der Waals surface area (Å²) < 4.78 is 0. The van der Waals surface area contributed by atoms with Crippen LogP contribution in [0.5, 0.6) is 0 Å². The molecule has 1 saturated heterocycles. The second-order valence-corrected chi connectivity index (χ2v) is 4.44. The first-order valence-corrected chi connectivity index (χ1v) is 5.66. The first-order chi connectivity index (χ1) is 6.20. The molecule has 1 aliphatic heterocycles. The Morgan fingerprint density at radius 3 is 2.77 bits per heavy atom. The number of rotatable bonds is 4. The predicted octanol–water partition coefficient (Wildman–Crippen LogP) is 1.84. The Labute approximate surface area is 82.5 Å². The van der Waals surface area contributed by atoms with Gasteiger partial charge in [0.1, 0.15) is 0 Å². The fourth-order valence-electron chi connectivity index (χ4n) is 2.54. The zero-order valence-corrected chi connectivity index (χ0v) is 9.29. The van der Waals surface area contributed by atoms with Crippen LogP contribution < -0.4 is 5.73 Å². The maximum atomic E-state index is 5.81. The molecular weight excluding hydrogens is 160 g/mol. The van der Waals surface area contributed by atoms with Gasteiger partial charge in [0.15, 0.2) is 0 Å². The molecule has 1 fully saturated rings. The van der Waals surface area contributed by atoms with E-state index >= 15 is 0 Å². The van der Waals surface area contributed by atoms with Gasteiger partial charge in [-0.25, -0.2) is 0 Å². The molecule has 0 amide bonds. The van der Waals surface area contributed by atoms with E-state index in [1.54, 1.807) is 0 Å². The lowest BCUT2D eigenvalue weighted by Gasteiger charge is -2.31. The Hall–Kier alpha value is -0.0800. The molecule has 0 aromatic heterocycles. The van der Waals surface area contributed by atoms with Crippen molar-refractivity contribution in [3.05, 3.63) is 0 Å². The summed E-state index contributed by atoms with van der Waals surface area (Å²) in [7, 11) is 0. The lowest BCUT2D eigenvalue weighted by molar-refractivity contribution is 0.171. The van der Waals surface area contributed by atoms with Crippen molar-refractivity contribution in [2.45, 2.75) is 52.1 Å². The van der Waals surface area contributed by atoms with Gasteiger partial charge in [0.05, 0.1) is 0 Å². The van der Waals surface area contributed by atoms with Crippen LogP contribution in [-0.4, -0.2) is 30.1 Å². The smallest absolute Gasteiger partial charge is 0.0247 e. The maximum Gasteiger partial charge on any atom is 0.0247 e. The molecule has 2 N–H and O–H groups in total. The van der Waals surface area contributed by atoms with Gasteiger partial charge in [-0.3, -0.25) is 4.90 Å². The summed E-state index contributed by atoms with van der Waals surface area (Å²) >= 11 is 0. The molecule has 3 unspecified atom stereocenters. The Kier molecular flexibility index (Phi) is 4.20. The Balaban J connectivity index is 2.48. The second-order valence-electron chi connectivity index (χ2n) is 4.44. The van der Waals surface area contributed by atoms with Gasteiger partial charge in [0.2, 0.25) is 0 Å². The molecule has 0 aromatic rings. The standard InChI is InChI=1S/C11H24N2/c1-4-5-10(3)13-7-6-9(2)11(13)8-12/h9-11H,4-8,12H2,1-3H3. The van der Waals surface area contributed by atoms with Crippen LogP contribution in [0.4, 0.5) is 0 Å². The van der Waals surface area contributed by atoms with Crippen LogP contribution in [0, 0.1) is 5.92 Å². The average molecular weight is 184 g/mol. The number of likely N-dealkylation sites (tertiary alicyclic amines) is 1. The molecule has 1 aliphatic rings. The van der Waals surface area contributed by atoms with Crippen molar-refractivity contribution < 1.29 is 0 Å². The SMILES string of the molecule is CCCC(C)N1CCC(C)C1CN. The normalized spacial score (nSPS) is 32.3. The summed E-state index contributed by atoms with van der Waals surface area (Å²) in [5.74, 6) is 0.796. The van der Waals surface area contributed by atoms with Gasteiger partial charge in [-0.1, -0.05) is 20.3 Å². The largest absolute Gasteiger partial charge is 0.329 e. The second kappa shape index (κ2) is 4.97. The van der Waals surface area contributed by atoms with Gasteiger partial charge in [-0.15, -0.1) is 0 Å². The molecule has 0 saturated carbocycles. The highest BCUT2D eigenvalue weighted by atomic mass is 15.2. The number of hydrogen-bond donors (Lipinski definition) is 1. The summed E-state index contributed by atoms with van der Waals surface area (Å²) in [6.07, 6.45) is 3.92. The van der Waals surface area contributed by atoms with Crippen LogP contribution in [0.15, 0.2) is 0 Å². The number of nitrogens with zero attached hydrogens (tertiary/aromatic N) is 1. The van der Waals surface area contributed by atoms with Crippen molar-refractivity contribution in [2.24, 2.45) is 11.7 Å². The maximum absolute atomic E-state index is 5.81. The van der Waals surface area contributed by atoms with Gasteiger partial charge in [-0.2, -0.15) is 0 Å².